The summed E-state index contributed by atoms with van der Waals surface area (Å²) >= 11 is 3.58. The molecule has 0 fully saturated rings. The van der Waals surface area contributed by atoms with Gasteiger partial charge < -0.3 is 0 Å². The summed E-state index contributed by atoms with van der Waals surface area (Å²) < 4.78 is 0. The lowest BCUT2D eigenvalue weighted by atomic mass is 9.88. The first kappa shape index (κ1) is 16.6. The van der Waals surface area contributed by atoms with Crippen LogP contribution >= 0.6 is 15.9 Å². The second-order valence-electron chi connectivity index (χ2n) is 5.70. The summed E-state index contributed by atoms with van der Waals surface area (Å²) in [5, 5.41) is 21.7. The summed E-state index contributed by atoms with van der Waals surface area (Å²) in [4.78, 5) is 20.7. The zero-order valence-electron chi connectivity index (χ0n) is 11.6. The van der Waals surface area contributed by atoms with E-state index in [0.29, 0.717) is 12.0 Å². The number of hydrogen-bond donors (Lipinski definition) is 0. The van der Waals surface area contributed by atoms with Crippen LogP contribution in [0.25, 0.3) is 0 Å². The van der Waals surface area contributed by atoms with Gasteiger partial charge in [-0.25, -0.2) is 0 Å². The van der Waals surface area contributed by atoms with Crippen molar-refractivity contribution in [3.63, 3.8) is 0 Å². The molecule has 0 aliphatic carbocycles. The summed E-state index contributed by atoms with van der Waals surface area (Å²) in [6.07, 6.45) is 1.23. The van der Waals surface area contributed by atoms with E-state index in [-0.39, 0.29) is 21.6 Å². The van der Waals surface area contributed by atoms with Gasteiger partial charge in [0.25, 0.3) is 11.4 Å². The van der Waals surface area contributed by atoms with Gasteiger partial charge in [0.2, 0.25) is 0 Å². The van der Waals surface area contributed by atoms with Crippen molar-refractivity contribution in [2.24, 2.45) is 5.41 Å². The Balaban J connectivity index is 2.95. The van der Waals surface area contributed by atoms with Crippen molar-refractivity contribution in [2.75, 3.05) is 0 Å². The Labute approximate surface area is 125 Å². The van der Waals surface area contributed by atoms with Crippen LogP contribution in [-0.2, 0) is 6.42 Å². The normalized spacial score (nSPS) is 13.0. The summed E-state index contributed by atoms with van der Waals surface area (Å²) in [6.45, 7) is 6.24. The molecule has 1 atom stereocenters. The van der Waals surface area contributed by atoms with E-state index >= 15 is 0 Å². The second-order valence-corrected chi connectivity index (χ2v) is 6.80. The molecule has 0 aromatic heterocycles. The topological polar surface area (TPSA) is 86.3 Å². The lowest BCUT2D eigenvalue weighted by molar-refractivity contribution is -0.394. The smallest absolute Gasteiger partial charge is 0.258 e. The van der Waals surface area contributed by atoms with E-state index in [2.05, 4.69) is 36.7 Å². The number of benzene rings is 1. The summed E-state index contributed by atoms with van der Waals surface area (Å²) in [5.74, 6) is 0. The van der Waals surface area contributed by atoms with Crippen molar-refractivity contribution < 1.29 is 9.85 Å². The molecule has 0 heterocycles. The molecule has 0 aliphatic rings. The lowest BCUT2D eigenvalue weighted by Gasteiger charge is -2.25. The van der Waals surface area contributed by atoms with Crippen LogP contribution in [0.5, 0.6) is 0 Å². The van der Waals surface area contributed by atoms with E-state index in [0.717, 1.165) is 12.5 Å². The maximum atomic E-state index is 11.0. The molecule has 1 aromatic rings. The highest BCUT2D eigenvalue weighted by atomic mass is 79.9. The van der Waals surface area contributed by atoms with Crippen molar-refractivity contribution in [2.45, 2.75) is 38.4 Å². The number of aryl methyl sites for hydroxylation is 1. The van der Waals surface area contributed by atoms with Crippen LogP contribution in [0.15, 0.2) is 18.2 Å². The Morgan fingerprint density at radius 1 is 1.20 bits per heavy atom. The number of alkyl halides is 1. The third-order valence-corrected chi connectivity index (χ3v) is 4.91. The highest BCUT2D eigenvalue weighted by Crippen LogP contribution is 2.32. The molecular weight excluding hydrogens is 328 g/mol. The first-order chi connectivity index (χ1) is 9.12. The third kappa shape index (κ3) is 4.26. The molecule has 0 aliphatic heterocycles. The van der Waals surface area contributed by atoms with E-state index in [1.165, 1.54) is 12.1 Å². The monoisotopic (exact) mass is 344 g/mol. The molecule has 20 heavy (non-hydrogen) atoms. The molecule has 0 spiro atoms. The number of nitro benzene ring substituents is 2. The van der Waals surface area contributed by atoms with Crippen LogP contribution in [0.1, 0.15) is 32.8 Å². The minimum atomic E-state index is -0.626. The largest absolute Gasteiger partial charge is 0.279 e. The van der Waals surface area contributed by atoms with Crippen LogP contribution in [0.3, 0.4) is 0 Å². The molecule has 0 radical (unpaired) electrons. The fraction of sp³-hybridized carbons (Fsp3) is 0.538. The van der Waals surface area contributed by atoms with Crippen molar-refractivity contribution in [3.05, 3.63) is 44.0 Å². The maximum absolute atomic E-state index is 11.0. The summed E-state index contributed by atoms with van der Waals surface area (Å²) in [7, 11) is 0. The molecular formula is C13H17BrN2O4. The number of halogens is 1. The number of non-ortho nitro benzene ring substituents is 1. The van der Waals surface area contributed by atoms with Crippen LogP contribution in [0, 0.1) is 25.6 Å². The predicted octanol–water partition coefficient (Wildman–Crippen LogP) is 4.25. The Bertz CT molecular complexity index is 526. The summed E-state index contributed by atoms with van der Waals surface area (Å²) in [6, 6.07) is 3.80. The minimum absolute atomic E-state index is 0.0511. The third-order valence-electron chi connectivity index (χ3n) is 3.08. The van der Waals surface area contributed by atoms with Gasteiger partial charge in [0, 0.05) is 16.5 Å². The Hall–Kier alpha value is -1.50. The first-order valence-electron chi connectivity index (χ1n) is 6.18. The van der Waals surface area contributed by atoms with E-state index in [1.54, 1.807) is 0 Å². The number of nitro groups is 2. The lowest BCUT2D eigenvalue weighted by Crippen LogP contribution is -2.20. The molecule has 1 unspecified atom stereocenters. The second kappa shape index (κ2) is 6.30. The Morgan fingerprint density at radius 2 is 1.80 bits per heavy atom. The zero-order chi connectivity index (χ0) is 15.5. The fourth-order valence-corrected chi connectivity index (χ4v) is 1.99. The van der Waals surface area contributed by atoms with Crippen molar-refractivity contribution >= 4 is 27.3 Å². The van der Waals surface area contributed by atoms with Crippen molar-refractivity contribution in [1.82, 2.24) is 0 Å². The van der Waals surface area contributed by atoms with E-state index in [4.69, 9.17) is 0 Å². The molecule has 0 saturated heterocycles. The molecule has 7 heteroatoms. The SMILES string of the molecule is CC(C)(C)C(Br)CCc1ccc([N+](=O)[O-])cc1[N+](=O)[O-]. The molecule has 110 valence electrons. The van der Waals surface area contributed by atoms with Gasteiger partial charge in [-0.1, -0.05) is 36.7 Å². The van der Waals surface area contributed by atoms with Gasteiger partial charge in [0.05, 0.1) is 15.9 Å². The van der Waals surface area contributed by atoms with Gasteiger partial charge in [-0.05, 0) is 24.3 Å². The quantitative estimate of drug-likeness (QED) is 0.454. The average molecular weight is 345 g/mol. The number of rotatable bonds is 5. The number of hydrogen-bond acceptors (Lipinski definition) is 4. The molecule has 1 rings (SSSR count). The van der Waals surface area contributed by atoms with Gasteiger partial charge >= 0.3 is 0 Å². The molecule has 1 aromatic carbocycles. The van der Waals surface area contributed by atoms with Gasteiger partial charge in [-0.3, -0.25) is 20.2 Å². The molecule has 0 bridgehead atoms. The maximum Gasteiger partial charge on any atom is 0.279 e. The molecule has 0 amide bonds. The standard InChI is InChI=1S/C13H17BrN2O4/c1-13(2,3)12(14)7-5-9-4-6-10(15(17)18)8-11(9)16(19)20/h4,6,8,12H,5,7H2,1-3H3. The van der Waals surface area contributed by atoms with Crippen LogP contribution < -0.4 is 0 Å². The highest BCUT2D eigenvalue weighted by Gasteiger charge is 2.24. The van der Waals surface area contributed by atoms with Gasteiger partial charge in [0.1, 0.15) is 0 Å². The van der Waals surface area contributed by atoms with Gasteiger partial charge in [0.15, 0.2) is 0 Å². The van der Waals surface area contributed by atoms with E-state index in [1.807, 2.05) is 0 Å². The van der Waals surface area contributed by atoms with E-state index < -0.39 is 9.85 Å². The van der Waals surface area contributed by atoms with Crippen LogP contribution in [0.4, 0.5) is 11.4 Å². The Kier molecular flexibility index (Phi) is 5.21. The first-order valence-corrected chi connectivity index (χ1v) is 7.10. The van der Waals surface area contributed by atoms with Crippen molar-refractivity contribution in [1.29, 1.82) is 0 Å². The molecule has 0 N–H and O–H groups in total. The van der Waals surface area contributed by atoms with E-state index in [9.17, 15) is 20.2 Å². The van der Waals surface area contributed by atoms with Gasteiger partial charge in [-0.15, -0.1) is 0 Å². The number of nitrogens with zero attached hydrogens (tertiary/aromatic N) is 2. The zero-order valence-corrected chi connectivity index (χ0v) is 13.2. The predicted molar refractivity (Wildman–Crippen MR) is 80.2 cm³/mol. The Morgan fingerprint density at radius 3 is 2.25 bits per heavy atom. The molecule has 0 saturated carbocycles. The minimum Gasteiger partial charge on any atom is -0.258 e. The average Bonchev–Trinajstić information content (AvgIpc) is 2.34. The van der Waals surface area contributed by atoms with Gasteiger partial charge in [-0.2, -0.15) is 0 Å². The molecule has 6 nitrogen and oxygen atoms in total. The van der Waals surface area contributed by atoms with Crippen molar-refractivity contribution in [3.8, 4) is 0 Å². The van der Waals surface area contributed by atoms with Crippen LogP contribution in [-0.4, -0.2) is 14.7 Å². The van der Waals surface area contributed by atoms with Crippen LogP contribution in [0.2, 0.25) is 0 Å². The highest BCUT2D eigenvalue weighted by molar-refractivity contribution is 9.09. The fourth-order valence-electron chi connectivity index (χ4n) is 1.76. The summed E-state index contributed by atoms with van der Waals surface area (Å²) in [5.41, 5.74) is 0.129.